The van der Waals surface area contributed by atoms with Crippen LogP contribution in [0.1, 0.15) is 28.9 Å². The number of ether oxygens (including phenoxy) is 1. The molecule has 2 aromatic heterocycles. The second-order valence-electron chi connectivity index (χ2n) is 5.48. The van der Waals surface area contributed by atoms with Gasteiger partial charge < -0.3 is 15.4 Å². The summed E-state index contributed by atoms with van der Waals surface area (Å²) in [5, 5.41) is 6.16. The Balaban J connectivity index is 1.54. The molecule has 0 aromatic carbocycles. The third-order valence-electron chi connectivity index (χ3n) is 3.75. The van der Waals surface area contributed by atoms with Gasteiger partial charge in [-0.1, -0.05) is 0 Å². The predicted octanol–water partition coefficient (Wildman–Crippen LogP) is 2.00. The van der Waals surface area contributed by atoms with E-state index in [0.29, 0.717) is 18.8 Å². The topological polar surface area (TPSA) is 76.1 Å². The van der Waals surface area contributed by atoms with Crippen molar-refractivity contribution >= 4 is 11.6 Å². The van der Waals surface area contributed by atoms with Crippen LogP contribution in [0.4, 0.5) is 5.69 Å². The summed E-state index contributed by atoms with van der Waals surface area (Å²) in [6.07, 6.45) is 7.35. The van der Waals surface area contributed by atoms with Crippen molar-refractivity contribution in [1.29, 1.82) is 0 Å². The Labute approximate surface area is 135 Å². The zero-order valence-electron chi connectivity index (χ0n) is 12.9. The summed E-state index contributed by atoms with van der Waals surface area (Å²) in [7, 11) is 0. The summed E-state index contributed by atoms with van der Waals surface area (Å²) in [6, 6.07) is 7.50. The van der Waals surface area contributed by atoms with Gasteiger partial charge in [0.25, 0.3) is 5.91 Å². The number of pyridine rings is 2. The molecular weight excluding hydrogens is 292 g/mol. The SMILES string of the molecule is O=C(NCC1CCCO1)c1cc(NCc2ccncc2)ccn1. The number of anilines is 1. The standard InChI is InChI=1S/C17H20N4O2/c22-17(21-12-15-2-1-9-23-15)16-10-14(5-8-19-16)20-11-13-3-6-18-7-4-13/h3-8,10,15H,1-2,9,11-12H2,(H,19,20)(H,21,22). The van der Waals surface area contributed by atoms with Crippen LogP contribution in [0, 0.1) is 0 Å². The average Bonchev–Trinajstić information content (AvgIpc) is 3.12. The lowest BCUT2D eigenvalue weighted by atomic mass is 10.2. The lowest BCUT2D eigenvalue weighted by molar-refractivity contribution is 0.0854. The molecule has 2 aromatic rings. The van der Waals surface area contributed by atoms with Crippen molar-refractivity contribution in [2.45, 2.75) is 25.5 Å². The van der Waals surface area contributed by atoms with Gasteiger partial charge in [0, 0.05) is 44.0 Å². The van der Waals surface area contributed by atoms with Crippen LogP contribution in [0.5, 0.6) is 0 Å². The first kappa shape index (κ1) is 15.4. The number of hydrogen-bond acceptors (Lipinski definition) is 5. The van der Waals surface area contributed by atoms with Crippen molar-refractivity contribution in [2.75, 3.05) is 18.5 Å². The highest BCUT2D eigenvalue weighted by molar-refractivity contribution is 5.93. The minimum absolute atomic E-state index is 0.131. The molecule has 3 rings (SSSR count). The fraction of sp³-hybridized carbons (Fsp3) is 0.353. The molecule has 1 fully saturated rings. The van der Waals surface area contributed by atoms with Crippen molar-refractivity contribution in [1.82, 2.24) is 15.3 Å². The zero-order chi connectivity index (χ0) is 15.9. The molecule has 2 N–H and O–H groups in total. The molecule has 0 saturated carbocycles. The molecule has 1 aliphatic heterocycles. The van der Waals surface area contributed by atoms with Gasteiger partial charge in [-0.25, -0.2) is 0 Å². The minimum Gasteiger partial charge on any atom is -0.381 e. The van der Waals surface area contributed by atoms with E-state index < -0.39 is 0 Å². The van der Waals surface area contributed by atoms with Crippen LogP contribution in [0.15, 0.2) is 42.9 Å². The number of carbonyl (C=O) groups is 1. The Morgan fingerprint density at radius 2 is 2.13 bits per heavy atom. The maximum absolute atomic E-state index is 12.2. The smallest absolute Gasteiger partial charge is 0.270 e. The zero-order valence-corrected chi connectivity index (χ0v) is 12.9. The third-order valence-corrected chi connectivity index (χ3v) is 3.75. The summed E-state index contributed by atoms with van der Waals surface area (Å²) < 4.78 is 5.50. The van der Waals surface area contributed by atoms with Crippen molar-refractivity contribution in [3.8, 4) is 0 Å². The summed E-state index contributed by atoms with van der Waals surface area (Å²) in [6.45, 7) is 1.99. The molecule has 0 radical (unpaired) electrons. The van der Waals surface area contributed by atoms with Crippen molar-refractivity contribution in [3.05, 3.63) is 54.1 Å². The van der Waals surface area contributed by atoms with E-state index in [0.717, 1.165) is 30.7 Å². The maximum Gasteiger partial charge on any atom is 0.270 e. The van der Waals surface area contributed by atoms with E-state index in [-0.39, 0.29) is 12.0 Å². The highest BCUT2D eigenvalue weighted by Crippen LogP contribution is 2.12. The van der Waals surface area contributed by atoms with E-state index in [9.17, 15) is 4.79 Å². The summed E-state index contributed by atoms with van der Waals surface area (Å²) in [4.78, 5) is 20.3. The number of nitrogens with zero attached hydrogens (tertiary/aromatic N) is 2. The van der Waals surface area contributed by atoms with E-state index >= 15 is 0 Å². The van der Waals surface area contributed by atoms with Gasteiger partial charge in [0.1, 0.15) is 5.69 Å². The monoisotopic (exact) mass is 312 g/mol. The van der Waals surface area contributed by atoms with Crippen LogP contribution in [-0.4, -0.2) is 35.1 Å². The number of hydrogen-bond donors (Lipinski definition) is 2. The van der Waals surface area contributed by atoms with Gasteiger partial charge in [-0.05, 0) is 42.7 Å². The number of nitrogens with one attached hydrogen (secondary N) is 2. The molecule has 1 saturated heterocycles. The van der Waals surface area contributed by atoms with Crippen LogP contribution in [-0.2, 0) is 11.3 Å². The van der Waals surface area contributed by atoms with E-state index in [1.54, 1.807) is 24.7 Å². The van der Waals surface area contributed by atoms with Crippen LogP contribution in [0.25, 0.3) is 0 Å². The number of carbonyl (C=O) groups excluding carboxylic acids is 1. The average molecular weight is 312 g/mol. The van der Waals surface area contributed by atoms with Crippen LogP contribution >= 0.6 is 0 Å². The highest BCUT2D eigenvalue weighted by Gasteiger charge is 2.17. The van der Waals surface area contributed by atoms with Crippen molar-refractivity contribution in [3.63, 3.8) is 0 Å². The quantitative estimate of drug-likeness (QED) is 0.853. The van der Waals surface area contributed by atoms with Gasteiger partial charge in [0.05, 0.1) is 6.10 Å². The first-order chi connectivity index (χ1) is 11.3. The molecular formula is C17H20N4O2. The molecule has 1 atom stereocenters. The van der Waals surface area contributed by atoms with Gasteiger partial charge in [-0.3, -0.25) is 14.8 Å². The second-order valence-corrected chi connectivity index (χ2v) is 5.48. The number of amides is 1. The van der Waals surface area contributed by atoms with Gasteiger partial charge in [-0.2, -0.15) is 0 Å². The lowest BCUT2D eigenvalue weighted by Gasteiger charge is -2.11. The number of aromatic nitrogens is 2. The van der Waals surface area contributed by atoms with Gasteiger partial charge in [-0.15, -0.1) is 0 Å². The molecule has 1 aliphatic rings. The number of rotatable bonds is 6. The van der Waals surface area contributed by atoms with Crippen LogP contribution in [0.2, 0.25) is 0 Å². The van der Waals surface area contributed by atoms with E-state index in [4.69, 9.17) is 4.74 Å². The minimum atomic E-state index is -0.173. The highest BCUT2D eigenvalue weighted by atomic mass is 16.5. The second kappa shape index (κ2) is 7.69. The molecule has 0 spiro atoms. The summed E-state index contributed by atoms with van der Waals surface area (Å²) >= 11 is 0. The Hall–Kier alpha value is -2.47. The summed E-state index contributed by atoms with van der Waals surface area (Å²) in [5.74, 6) is -0.173. The Morgan fingerprint density at radius 1 is 1.26 bits per heavy atom. The van der Waals surface area contributed by atoms with Crippen molar-refractivity contribution in [2.24, 2.45) is 0 Å². The molecule has 3 heterocycles. The third kappa shape index (κ3) is 4.50. The molecule has 6 nitrogen and oxygen atoms in total. The van der Waals surface area contributed by atoms with E-state index in [1.807, 2.05) is 18.2 Å². The molecule has 0 bridgehead atoms. The molecule has 0 aliphatic carbocycles. The van der Waals surface area contributed by atoms with Crippen LogP contribution < -0.4 is 10.6 Å². The van der Waals surface area contributed by atoms with Crippen LogP contribution in [0.3, 0.4) is 0 Å². The van der Waals surface area contributed by atoms with Crippen molar-refractivity contribution < 1.29 is 9.53 Å². The first-order valence-electron chi connectivity index (χ1n) is 7.80. The van der Waals surface area contributed by atoms with E-state index in [2.05, 4.69) is 20.6 Å². The summed E-state index contributed by atoms with van der Waals surface area (Å²) in [5.41, 5.74) is 2.39. The molecule has 6 heteroatoms. The molecule has 120 valence electrons. The fourth-order valence-electron chi connectivity index (χ4n) is 2.47. The Bertz CT molecular complexity index is 642. The predicted molar refractivity (Wildman–Crippen MR) is 87.1 cm³/mol. The Kier molecular flexibility index (Phi) is 5.16. The molecule has 23 heavy (non-hydrogen) atoms. The molecule has 1 amide bonds. The fourth-order valence-corrected chi connectivity index (χ4v) is 2.47. The maximum atomic E-state index is 12.2. The van der Waals surface area contributed by atoms with Gasteiger partial charge >= 0.3 is 0 Å². The van der Waals surface area contributed by atoms with Gasteiger partial charge in [0.2, 0.25) is 0 Å². The Morgan fingerprint density at radius 3 is 2.91 bits per heavy atom. The molecule has 1 unspecified atom stereocenters. The van der Waals surface area contributed by atoms with Gasteiger partial charge in [0.15, 0.2) is 0 Å². The largest absolute Gasteiger partial charge is 0.381 e. The van der Waals surface area contributed by atoms with E-state index in [1.165, 1.54) is 0 Å². The normalized spacial score (nSPS) is 17.0. The first-order valence-corrected chi connectivity index (χ1v) is 7.80. The lowest BCUT2D eigenvalue weighted by Crippen LogP contribution is -2.32.